The quantitative estimate of drug-likeness (QED) is 0.790. The van der Waals surface area contributed by atoms with E-state index in [0.29, 0.717) is 5.56 Å². The largest absolute Gasteiger partial charge is 0.481 e. The van der Waals surface area contributed by atoms with Crippen molar-refractivity contribution in [3.63, 3.8) is 0 Å². The summed E-state index contributed by atoms with van der Waals surface area (Å²) in [5.41, 5.74) is 0.749. The highest BCUT2D eigenvalue weighted by atomic mass is 19.1. The average Bonchev–Trinajstić information content (AvgIpc) is 2.18. The predicted molar refractivity (Wildman–Crippen MR) is 53.9 cm³/mol. The molecule has 3 nitrogen and oxygen atoms in total. The Labute approximate surface area is 86.5 Å². The van der Waals surface area contributed by atoms with Crippen LogP contribution in [0.25, 0.3) is 6.08 Å². The van der Waals surface area contributed by atoms with Crippen LogP contribution in [0.3, 0.4) is 0 Å². The maximum absolute atomic E-state index is 13.3. The lowest BCUT2D eigenvalue weighted by molar-refractivity contribution is -0.136. The van der Waals surface area contributed by atoms with Gasteiger partial charge in [0.05, 0.1) is 13.0 Å². The molecule has 0 fully saturated rings. The Morgan fingerprint density at radius 1 is 1.47 bits per heavy atom. The minimum absolute atomic E-state index is 0.113. The zero-order valence-corrected chi connectivity index (χ0v) is 7.98. The van der Waals surface area contributed by atoms with Crippen LogP contribution < -0.4 is 0 Å². The Kier molecular flexibility index (Phi) is 4.00. The molecule has 0 aliphatic heterocycles. The minimum Gasteiger partial charge on any atom is -0.481 e. The number of hydrogen-bond donors (Lipinski definition) is 2. The van der Waals surface area contributed by atoms with Crippen LogP contribution in [0.5, 0.6) is 0 Å². The molecular weight excluding hydrogens is 199 g/mol. The predicted octanol–water partition coefficient (Wildman–Crippen LogP) is 1.46. The van der Waals surface area contributed by atoms with Gasteiger partial charge in [-0.2, -0.15) is 0 Å². The van der Waals surface area contributed by atoms with Gasteiger partial charge in [-0.3, -0.25) is 4.79 Å². The van der Waals surface area contributed by atoms with E-state index in [9.17, 15) is 9.18 Å². The molecule has 0 saturated heterocycles. The lowest BCUT2D eigenvalue weighted by atomic mass is 10.1. The lowest BCUT2D eigenvalue weighted by Gasteiger charge is -2.00. The fourth-order valence-corrected chi connectivity index (χ4v) is 1.16. The van der Waals surface area contributed by atoms with Crippen molar-refractivity contribution in [1.29, 1.82) is 0 Å². The first-order valence-electron chi connectivity index (χ1n) is 4.41. The van der Waals surface area contributed by atoms with E-state index in [4.69, 9.17) is 10.2 Å². The minimum atomic E-state index is -1.06. The van der Waals surface area contributed by atoms with Gasteiger partial charge in [-0.05, 0) is 17.2 Å². The van der Waals surface area contributed by atoms with Crippen LogP contribution in [0.4, 0.5) is 4.39 Å². The van der Waals surface area contributed by atoms with Crippen molar-refractivity contribution >= 4 is 12.0 Å². The normalized spacial score (nSPS) is 10.8. The van der Waals surface area contributed by atoms with E-state index >= 15 is 0 Å². The van der Waals surface area contributed by atoms with Crippen LogP contribution in [-0.2, 0) is 11.2 Å². The van der Waals surface area contributed by atoms with Crippen LogP contribution in [0, 0.1) is 5.82 Å². The van der Waals surface area contributed by atoms with E-state index in [-0.39, 0.29) is 18.6 Å². The zero-order valence-electron chi connectivity index (χ0n) is 7.98. The molecule has 4 heteroatoms. The Hall–Kier alpha value is -1.68. The summed E-state index contributed by atoms with van der Waals surface area (Å²) in [6.45, 7) is -0.113. The highest BCUT2D eigenvalue weighted by molar-refractivity contribution is 5.70. The topological polar surface area (TPSA) is 57.5 Å². The summed E-state index contributed by atoms with van der Waals surface area (Å²) in [4.78, 5) is 10.4. The van der Waals surface area contributed by atoms with Gasteiger partial charge in [0.25, 0.3) is 0 Å². The van der Waals surface area contributed by atoms with Gasteiger partial charge in [0.1, 0.15) is 5.82 Å². The molecule has 0 saturated carbocycles. The number of aliphatic hydroxyl groups is 1. The third-order valence-electron chi connectivity index (χ3n) is 1.83. The van der Waals surface area contributed by atoms with Gasteiger partial charge in [-0.1, -0.05) is 24.3 Å². The van der Waals surface area contributed by atoms with Crippen molar-refractivity contribution in [2.24, 2.45) is 0 Å². The average molecular weight is 210 g/mol. The smallest absolute Gasteiger partial charge is 0.307 e. The molecule has 0 bridgehead atoms. The highest BCUT2D eigenvalue weighted by Crippen LogP contribution is 2.12. The summed E-state index contributed by atoms with van der Waals surface area (Å²) in [6.07, 6.45) is 2.72. The molecule has 0 radical (unpaired) electrons. The van der Waals surface area contributed by atoms with E-state index in [0.717, 1.165) is 0 Å². The number of benzene rings is 1. The molecule has 0 aromatic heterocycles. The first-order valence-corrected chi connectivity index (χ1v) is 4.41. The van der Waals surface area contributed by atoms with Gasteiger partial charge < -0.3 is 10.2 Å². The molecule has 1 rings (SSSR count). The van der Waals surface area contributed by atoms with Gasteiger partial charge in [-0.15, -0.1) is 0 Å². The molecule has 1 aromatic carbocycles. The number of aliphatic carboxylic acids is 1. The van der Waals surface area contributed by atoms with Crippen molar-refractivity contribution in [2.45, 2.75) is 6.42 Å². The summed E-state index contributed by atoms with van der Waals surface area (Å²) in [7, 11) is 0. The molecule has 0 aliphatic carbocycles. The monoisotopic (exact) mass is 210 g/mol. The summed E-state index contributed by atoms with van der Waals surface area (Å²) >= 11 is 0. The highest BCUT2D eigenvalue weighted by Gasteiger charge is 2.06. The summed E-state index contributed by atoms with van der Waals surface area (Å²) in [6, 6.07) is 4.28. The molecule has 0 heterocycles. The van der Waals surface area contributed by atoms with Gasteiger partial charge in [0, 0.05) is 0 Å². The van der Waals surface area contributed by atoms with Gasteiger partial charge in [-0.25, -0.2) is 4.39 Å². The van der Waals surface area contributed by atoms with Gasteiger partial charge in [0.15, 0.2) is 0 Å². The standard InChI is InChI=1S/C11H11FO3/c12-10-6-8(2-1-5-13)3-4-9(10)7-11(14)15/h1-4,6,13H,5,7H2,(H,14,15). The van der Waals surface area contributed by atoms with Crippen molar-refractivity contribution in [3.05, 3.63) is 41.2 Å². The molecule has 0 atom stereocenters. The second-order valence-electron chi connectivity index (χ2n) is 3.01. The first-order chi connectivity index (χ1) is 7.13. The SMILES string of the molecule is O=C(O)Cc1ccc(C=CCO)cc1F. The molecule has 1 aromatic rings. The number of carboxylic acid groups (broad SMARTS) is 1. The van der Waals surface area contributed by atoms with Crippen LogP contribution in [-0.4, -0.2) is 22.8 Å². The molecule has 15 heavy (non-hydrogen) atoms. The van der Waals surface area contributed by atoms with Crippen LogP contribution in [0.2, 0.25) is 0 Å². The fraction of sp³-hybridized carbons (Fsp3) is 0.182. The lowest BCUT2D eigenvalue weighted by Crippen LogP contribution is -2.02. The van der Waals surface area contributed by atoms with Crippen LogP contribution in [0.1, 0.15) is 11.1 Å². The molecule has 0 amide bonds. The number of carbonyl (C=O) groups is 1. The third-order valence-corrected chi connectivity index (χ3v) is 1.83. The van der Waals surface area contributed by atoms with Gasteiger partial charge in [0.2, 0.25) is 0 Å². The number of aliphatic hydroxyl groups excluding tert-OH is 1. The molecule has 80 valence electrons. The Morgan fingerprint density at radius 3 is 2.73 bits per heavy atom. The molecule has 0 unspecified atom stereocenters. The molecule has 0 spiro atoms. The maximum Gasteiger partial charge on any atom is 0.307 e. The third kappa shape index (κ3) is 3.52. The molecular formula is C11H11FO3. The number of rotatable bonds is 4. The second-order valence-corrected chi connectivity index (χ2v) is 3.01. The van der Waals surface area contributed by atoms with Gasteiger partial charge >= 0.3 is 5.97 Å². The van der Waals surface area contributed by atoms with E-state index in [2.05, 4.69) is 0 Å². The number of halogens is 1. The number of carboxylic acids is 1. The molecule has 0 aliphatic rings. The maximum atomic E-state index is 13.3. The first kappa shape index (κ1) is 11.4. The van der Waals surface area contributed by atoms with E-state index in [1.165, 1.54) is 18.2 Å². The van der Waals surface area contributed by atoms with Crippen molar-refractivity contribution in [1.82, 2.24) is 0 Å². The zero-order chi connectivity index (χ0) is 11.3. The summed E-state index contributed by atoms with van der Waals surface area (Å²) < 4.78 is 13.3. The van der Waals surface area contributed by atoms with Crippen molar-refractivity contribution in [2.75, 3.05) is 6.61 Å². The Bertz CT molecular complexity index is 385. The number of hydrogen-bond acceptors (Lipinski definition) is 2. The summed E-state index contributed by atoms with van der Waals surface area (Å²) in [5.74, 6) is -1.61. The van der Waals surface area contributed by atoms with E-state index < -0.39 is 11.8 Å². The van der Waals surface area contributed by atoms with Crippen molar-refractivity contribution in [3.8, 4) is 0 Å². The second kappa shape index (κ2) is 5.26. The van der Waals surface area contributed by atoms with E-state index in [1.54, 1.807) is 12.1 Å². The van der Waals surface area contributed by atoms with Crippen LogP contribution in [0.15, 0.2) is 24.3 Å². The van der Waals surface area contributed by atoms with E-state index in [1.807, 2.05) is 0 Å². The molecule has 2 N–H and O–H groups in total. The van der Waals surface area contributed by atoms with Crippen LogP contribution >= 0.6 is 0 Å². The Morgan fingerprint density at radius 2 is 2.20 bits per heavy atom. The fourth-order valence-electron chi connectivity index (χ4n) is 1.16. The van der Waals surface area contributed by atoms with Crippen molar-refractivity contribution < 1.29 is 19.4 Å². The Balaban J connectivity index is 2.87. The summed E-state index contributed by atoms with van der Waals surface area (Å²) in [5, 5.41) is 17.0.